The Morgan fingerprint density at radius 1 is 1.38 bits per heavy atom. The van der Waals surface area contributed by atoms with Crippen LogP contribution in [-0.4, -0.2) is 57.2 Å². The van der Waals surface area contributed by atoms with E-state index in [4.69, 9.17) is 9.47 Å². The summed E-state index contributed by atoms with van der Waals surface area (Å²) < 4.78 is 11.0. The number of benzene rings is 1. The van der Waals surface area contributed by atoms with Crippen LogP contribution < -0.4 is 20.1 Å². The lowest BCUT2D eigenvalue weighted by molar-refractivity contribution is -0.123. The minimum Gasteiger partial charge on any atom is -0.493 e. The monoisotopic (exact) mass is 335 g/mol. The zero-order valence-corrected chi connectivity index (χ0v) is 14.9. The van der Waals surface area contributed by atoms with Crippen molar-refractivity contribution in [3.05, 3.63) is 23.8 Å². The van der Waals surface area contributed by atoms with Crippen LogP contribution in [0.15, 0.2) is 18.2 Å². The molecule has 1 unspecified atom stereocenters. The highest BCUT2D eigenvalue weighted by atomic mass is 16.5. The van der Waals surface area contributed by atoms with Crippen LogP contribution in [0.1, 0.15) is 25.3 Å². The highest BCUT2D eigenvalue weighted by Crippen LogP contribution is 2.29. The molecule has 2 N–H and O–H groups in total. The summed E-state index contributed by atoms with van der Waals surface area (Å²) in [6.07, 6.45) is 2.46. The van der Waals surface area contributed by atoms with Gasteiger partial charge in [-0.25, -0.2) is 0 Å². The molecule has 1 atom stereocenters. The number of amides is 1. The van der Waals surface area contributed by atoms with E-state index >= 15 is 0 Å². The van der Waals surface area contributed by atoms with Gasteiger partial charge in [0, 0.05) is 25.7 Å². The number of rotatable bonds is 8. The maximum Gasteiger partial charge on any atom is 0.257 e. The van der Waals surface area contributed by atoms with E-state index in [0.29, 0.717) is 24.1 Å². The molecule has 24 heavy (non-hydrogen) atoms. The highest BCUT2D eigenvalue weighted by Gasteiger charge is 2.19. The van der Waals surface area contributed by atoms with Crippen LogP contribution in [0.3, 0.4) is 0 Å². The fourth-order valence-electron chi connectivity index (χ4n) is 3.01. The molecule has 0 radical (unpaired) electrons. The zero-order valence-electron chi connectivity index (χ0n) is 14.9. The van der Waals surface area contributed by atoms with E-state index in [9.17, 15) is 4.79 Å². The second-order valence-electron chi connectivity index (χ2n) is 6.09. The fourth-order valence-corrected chi connectivity index (χ4v) is 3.01. The quantitative estimate of drug-likeness (QED) is 0.752. The summed E-state index contributed by atoms with van der Waals surface area (Å²) in [6, 6.07) is 6.49. The van der Waals surface area contributed by atoms with Gasteiger partial charge in [-0.2, -0.15) is 0 Å². The Morgan fingerprint density at radius 2 is 2.21 bits per heavy atom. The number of methoxy groups -OCH3 is 1. The molecular formula is C18H29N3O3. The maximum absolute atomic E-state index is 11.5. The second kappa shape index (κ2) is 9.49. The number of piperidine rings is 1. The van der Waals surface area contributed by atoms with E-state index in [1.165, 1.54) is 18.4 Å². The third-order valence-corrected chi connectivity index (χ3v) is 4.28. The van der Waals surface area contributed by atoms with Gasteiger partial charge in [0.2, 0.25) is 0 Å². The lowest BCUT2D eigenvalue weighted by atomic mass is 10.0. The molecule has 1 aliphatic rings. The molecule has 0 saturated carbocycles. The van der Waals surface area contributed by atoms with E-state index in [1.807, 2.05) is 32.2 Å². The number of hydrogen-bond acceptors (Lipinski definition) is 5. The number of nitrogens with zero attached hydrogens (tertiary/aromatic N) is 1. The Kier molecular flexibility index (Phi) is 7.34. The van der Waals surface area contributed by atoms with Crippen molar-refractivity contribution in [3.63, 3.8) is 0 Å². The predicted octanol–water partition coefficient (Wildman–Crippen LogP) is 1.39. The van der Waals surface area contributed by atoms with Crippen molar-refractivity contribution in [3.8, 4) is 11.5 Å². The van der Waals surface area contributed by atoms with Gasteiger partial charge in [0.25, 0.3) is 5.91 Å². The molecule has 1 aliphatic heterocycles. The Balaban J connectivity index is 1.96. The number of likely N-dealkylation sites (N-methyl/N-ethyl adjacent to an activating group) is 2. The average molecular weight is 335 g/mol. The molecule has 134 valence electrons. The molecule has 0 aromatic heterocycles. The molecule has 1 amide bonds. The van der Waals surface area contributed by atoms with Gasteiger partial charge in [-0.1, -0.05) is 6.07 Å². The van der Waals surface area contributed by atoms with Gasteiger partial charge >= 0.3 is 0 Å². The van der Waals surface area contributed by atoms with E-state index in [2.05, 4.69) is 15.5 Å². The number of likely N-dealkylation sites (tertiary alicyclic amines) is 1. The number of carbonyl (C=O) groups is 1. The summed E-state index contributed by atoms with van der Waals surface area (Å²) in [5, 5.41) is 6.08. The van der Waals surface area contributed by atoms with Crippen LogP contribution >= 0.6 is 0 Å². The smallest absolute Gasteiger partial charge is 0.257 e. The van der Waals surface area contributed by atoms with Crippen LogP contribution in [0.2, 0.25) is 0 Å². The van der Waals surface area contributed by atoms with Crippen LogP contribution in [-0.2, 0) is 11.3 Å². The van der Waals surface area contributed by atoms with Crippen molar-refractivity contribution in [1.29, 1.82) is 0 Å². The van der Waals surface area contributed by atoms with E-state index in [-0.39, 0.29) is 12.5 Å². The lowest BCUT2D eigenvalue weighted by Crippen LogP contribution is -2.43. The molecule has 1 saturated heterocycles. The second-order valence-corrected chi connectivity index (χ2v) is 6.09. The van der Waals surface area contributed by atoms with Gasteiger partial charge in [-0.15, -0.1) is 0 Å². The molecule has 1 aromatic rings. The molecule has 1 heterocycles. The number of nitrogens with one attached hydrogen (secondary N) is 2. The summed E-state index contributed by atoms with van der Waals surface area (Å²) >= 11 is 0. The van der Waals surface area contributed by atoms with Gasteiger partial charge in [0.1, 0.15) is 0 Å². The first kappa shape index (κ1) is 18.5. The van der Waals surface area contributed by atoms with Crippen LogP contribution in [0.5, 0.6) is 11.5 Å². The van der Waals surface area contributed by atoms with Gasteiger partial charge < -0.3 is 20.1 Å². The van der Waals surface area contributed by atoms with Crippen molar-refractivity contribution < 1.29 is 14.3 Å². The number of ether oxygens (including phenoxy) is 2. The molecule has 6 nitrogen and oxygen atoms in total. The third-order valence-electron chi connectivity index (χ3n) is 4.28. The van der Waals surface area contributed by atoms with Gasteiger partial charge in [-0.3, -0.25) is 9.69 Å². The fraction of sp³-hybridized carbons (Fsp3) is 0.611. The zero-order chi connectivity index (χ0) is 17.4. The first-order chi connectivity index (χ1) is 11.7. The molecule has 1 fully saturated rings. The molecule has 2 rings (SSSR count). The Morgan fingerprint density at radius 3 is 2.92 bits per heavy atom. The van der Waals surface area contributed by atoms with E-state index in [1.54, 1.807) is 7.11 Å². The summed E-state index contributed by atoms with van der Waals surface area (Å²) in [5.41, 5.74) is 1.19. The normalized spacial score (nSPS) is 18.2. The number of carbonyl (C=O) groups excluding carboxylic acids is 1. The first-order valence-corrected chi connectivity index (χ1v) is 8.62. The predicted molar refractivity (Wildman–Crippen MR) is 94.5 cm³/mol. The van der Waals surface area contributed by atoms with Gasteiger partial charge in [-0.05, 0) is 51.1 Å². The topological polar surface area (TPSA) is 62.8 Å². The first-order valence-electron chi connectivity index (χ1n) is 8.62. The lowest BCUT2D eigenvalue weighted by Gasteiger charge is -2.32. The minimum atomic E-state index is -0.130. The summed E-state index contributed by atoms with van der Waals surface area (Å²) in [7, 11) is 3.65. The molecular weight excluding hydrogens is 306 g/mol. The van der Waals surface area contributed by atoms with Crippen LogP contribution in [0.4, 0.5) is 0 Å². The van der Waals surface area contributed by atoms with Crippen LogP contribution in [0, 0.1) is 0 Å². The summed E-state index contributed by atoms with van der Waals surface area (Å²) in [6.45, 7) is 5.56. The Labute approximate surface area is 144 Å². The standard InChI is InChI=1S/C18H29N3O3/c1-4-20-18(22)13-24-16-8-7-14(10-17(16)23-3)11-21-9-5-6-15(12-21)19-2/h7-8,10,15,19H,4-6,9,11-13H2,1-3H3,(H,20,22). The van der Waals surface area contributed by atoms with Crippen molar-refractivity contribution in [2.75, 3.05) is 40.4 Å². The molecule has 1 aromatic carbocycles. The Bertz CT molecular complexity index is 536. The SMILES string of the molecule is CCNC(=O)COc1ccc(CN2CCCC(NC)C2)cc1OC. The molecule has 0 spiro atoms. The highest BCUT2D eigenvalue weighted by molar-refractivity contribution is 5.77. The largest absolute Gasteiger partial charge is 0.493 e. The van der Waals surface area contributed by atoms with Crippen molar-refractivity contribution in [1.82, 2.24) is 15.5 Å². The minimum absolute atomic E-state index is 0.000475. The van der Waals surface area contributed by atoms with Crippen molar-refractivity contribution in [2.45, 2.75) is 32.4 Å². The molecule has 0 bridgehead atoms. The number of hydrogen-bond donors (Lipinski definition) is 2. The third kappa shape index (κ3) is 5.39. The van der Waals surface area contributed by atoms with E-state index < -0.39 is 0 Å². The Hall–Kier alpha value is -1.79. The van der Waals surface area contributed by atoms with Crippen LogP contribution in [0.25, 0.3) is 0 Å². The van der Waals surface area contributed by atoms with Crippen molar-refractivity contribution in [2.24, 2.45) is 0 Å². The van der Waals surface area contributed by atoms with Gasteiger partial charge in [0.05, 0.1) is 7.11 Å². The van der Waals surface area contributed by atoms with Crippen molar-refractivity contribution >= 4 is 5.91 Å². The average Bonchev–Trinajstić information content (AvgIpc) is 2.61. The summed E-state index contributed by atoms with van der Waals surface area (Å²) in [5.74, 6) is 1.13. The van der Waals surface area contributed by atoms with Gasteiger partial charge in [0.15, 0.2) is 18.1 Å². The summed E-state index contributed by atoms with van der Waals surface area (Å²) in [4.78, 5) is 14.0. The maximum atomic E-state index is 11.5. The molecule has 6 heteroatoms. The van der Waals surface area contributed by atoms with E-state index in [0.717, 1.165) is 19.6 Å². The molecule has 0 aliphatic carbocycles.